The molecule has 144 valence electrons. The van der Waals surface area contributed by atoms with E-state index in [1.165, 1.54) is 0 Å². The fourth-order valence-corrected chi connectivity index (χ4v) is 3.72. The highest BCUT2D eigenvalue weighted by Gasteiger charge is 2.26. The summed E-state index contributed by atoms with van der Waals surface area (Å²) in [6, 6.07) is 15.8. The number of hydrogen-bond acceptors (Lipinski definition) is 4. The first-order chi connectivity index (χ1) is 13.7. The smallest absolute Gasteiger partial charge is 0.228 e. The Hall–Kier alpha value is -2.99. The molecule has 0 bridgehead atoms. The van der Waals surface area contributed by atoms with Crippen LogP contribution in [-0.2, 0) is 11.3 Å². The molecule has 0 spiro atoms. The quantitative estimate of drug-likeness (QED) is 0.742. The van der Waals surface area contributed by atoms with Crippen LogP contribution < -0.4 is 5.32 Å². The second-order valence-electron chi connectivity index (χ2n) is 7.33. The lowest BCUT2D eigenvalue weighted by Crippen LogP contribution is -2.40. The fourth-order valence-electron chi connectivity index (χ4n) is 3.72. The number of amides is 1. The van der Waals surface area contributed by atoms with Crippen LogP contribution in [-0.4, -0.2) is 38.7 Å². The number of anilines is 1. The van der Waals surface area contributed by atoms with E-state index in [0.717, 1.165) is 55.2 Å². The number of nitrogens with zero attached hydrogens (tertiary/aromatic N) is 4. The van der Waals surface area contributed by atoms with Crippen molar-refractivity contribution in [2.45, 2.75) is 26.3 Å². The summed E-state index contributed by atoms with van der Waals surface area (Å²) in [5.74, 6) is 0.0754. The molecule has 1 atom stereocenters. The van der Waals surface area contributed by atoms with Gasteiger partial charge in [0.15, 0.2) is 0 Å². The van der Waals surface area contributed by atoms with Crippen LogP contribution in [0.5, 0.6) is 0 Å². The van der Waals surface area contributed by atoms with Gasteiger partial charge in [0.05, 0.1) is 17.3 Å². The minimum atomic E-state index is -0.00748. The summed E-state index contributed by atoms with van der Waals surface area (Å²) in [5, 5.41) is 7.33. The molecular weight excluding hydrogens is 350 g/mol. The SMILES string of the molecule is Cc1cccc(CN2CCC[C@H](C(=O)Nc3cccc(-n4cccn4)c3)C2)n1. The van der Waals surface area contributed by atoms with Crippen molar-refractivity contribution in [1.82, 2.24) is 19.7 Å². The Morgan fingerprint density at radius 1 is 1.21 bits per heavy atom. The molecule has 1 aliphatic rings. The molecule has 1 fully saturated rings. The number of likely N-dealkylation sites (tertiary alicyclic amines) is 1. The topological polar surface area (TPSA) is 63.1 Å². The van der Waals surface area contributed by atoms with Gasteiger partial charge in [-0.15, -0.1) is 0 Å². The van der Waals surface area contributed by atoms with Gasteiger partial charge < -0.3 is 5.32 Å². The van der Waals surface area contributed by atoms with Crippen molar-refractivity contribution in [3.63, 3.8) is 0 Å². The third kappa shape index (κ3) is 4.46. The predicted octanol–water partition coefficient (Wildman–Crippen LogP) is 3.43. The number of carbonyl (C=O) groups is 1. The van der Waals surface area contributed by atoms with E-state index in [1.54, 1.807) is 10.9 Å². The van der Waals surface area contributed by atoms with Crippen molar-refractivity contribution in [1.29, 1.82) is 0 Å². The molecule has 0 radical (unpaired) electrons. The number of nitrogens with one attached hydrogen (secondary N) is 1. The average Bonchev–Trinajstić information content (AvgIpc) is 3.23. The highest BCUT2D eigenvalue weighted by atomic mass is 16.1. The van der Waals surface area contributed by atoms with Gasteiger partial charge in [-0.25, -0.2) is 4.68 Å². The summed E-state index contributed by atoms with van der Waals surface area (Å²) < 4.78 is 1.78. The fraction of sp³-hybridized carbons (Fsp3) is 0.318. The van der Waals surface area contributed by atoms with Crippen LogP contribution in [0, 0.1) is 12.8 Å². The van der Waals surface area contributed by atoms with Crippen LogP contribution in [0.25, 0.3) is 5.69 Å². The maximum Gasteiger partial charge on any atom is 0.228 e. The van der Waals surface area contributed by atoms with Crippen LogP contribution in [0.2, 0.25) is 0 Å². The molecule has 0 saturated carbocycles. The van der Waals surface area contributed by atoms with E-state index < -0.39 is 0 Å². The highest BCUT2D eigenvalue weighted by Crippen LogP contribution is 2.21. The lowest BCUT2D eigenvalue weighted by atomic mass is 9.97. The molecule has 1 saturated heterocycles. The van der Waals surface area contributed by atoms with Gasteiger partial charge >= 0.3 is 0 Å². The molecular formula is C22H25N5O. The normalized spacial score (nSPS) is 17.4. The zero-order chi connectivity index (χ0) is 19.3. The Labute approximate surface area is 165 Å². The Balaban J connectivity index is 1.39. The molecule has 3 heterocycles. The summed E-state index contributed by atoms with van der Waals surface area (Å²) in [7, 11) is 0. The number of aromatic nitrogens is 3. The second-order valence-corrected chi connectivity index (χ2v) is 7.33. The van der Waals surface area contributed by atoms with Gasteiger partial charge in [-0.1, -0.05) is 12.1 Å². The number of carbonyl (C=O) groups excluding carboxylic acids is 1. The first-order valence-electron chi connectivity index (χ1n) is 9.73. The van der Waals surface area contributed by atoms with E-state index in [2.05, 4.69) is 26.4 Å². The Morgan fingerprint density at radius 3 is 2.93 bits per heavy atom. The van der Waals surface area contributed by atoms with Gasteiger partial charge in [0.2, 0.25) is 5.91 Å². The first-order valence-corrected chi connectivity index (χ1v) is 9.73. The zero-order valence-corrected chi connectivity index (χ0v) is 16.1. The van der Waals surface area contributed by atoms with Crippen LogP contribution >= 0.6 is 0 Å². The molecule has 1 N–H and O–H groups in total. The molecule has 6 heteroatoms. The Morgan fingerprint density at radius 2 is 2.11 bits per heavy atom. The van der Waals surface area contributed by atoms with E-state index in [9.17, 15) is 4.79 Å². The van der Waals surface area contributed by atoms with E-state index in [0.29, 0.717) is 0 Å². The molecule has 28 heavy (non-hydrogen) atoms. The van der Waals surface area contributed by atoms with Gasteiger partial charge in [-0.3, -0.25) is 14.7 Å². The van der Waals surface area contributed by atoms with E-state index in [4.69, 9.17) is 0 Å². The summed E-state index contributed by atoms with van der Waals surface area (Å²) in [5.41, 5.74) is 3.82. The summed E-state index contributed by atoms with van der Waals surface area (Å²) in [6.07, 6.45) is 5.57. The number of benzene rings is 1. The largest absolute Gasteiger partial charge is 0.326 e. The average molecular weight is 375 g/mol. The minimum absolute atomic E-state index is 0.00748. The summed E-state index contributed by atoms with van der Waals surface area (Å²) in [6.45, 7) is 4.57. The van der Waals surface area contributed by atoms with Crippen LogP contribution in [0.1, 0.15) is 24.2 Å². The van der Waals surface area contributed by atoms with E-state index in [1.807, 2.05) is 55.6 Å². The molecule has 3 aromatic rings. The molecule has 0 aliphatic carbocycles. The van der Waals surface area contributed by atoms with Crippen LogP contribution in [0.3, 0.4) is 0 Å². The maximum atomic E-state index is 12.8. The van der Waals surface area contributed by atoms with Crippen molar-refractivity contribution < 1.29 is 4.79 Å². The molecule has 4 rings (SSSR count). The summed E-state index contributed by atoms with van der Waals surface area (Å²) >= 11 is 0. The van der Waals surface area contributed by atoms with Crippen molar-refractivity contribution in [3.8, 4) is 5.69 Å². The highest BCUT2D eigenvalue weighted by molar-refractivity contribution is 5.93. The number of piperidine rings is 1. The molecule has 6 nitrogen and oxygen atoms in total. The van der Waals surface area contributed by atoms with E-state index >= 15 is 0 Å². The standard InChI is InChI=1S/C22H25N5O/c1-17-6-2-9-20(24-17)16-26-12-4-7-18(15-26)22(28)25-19-8-3-10-21(14-19)27-13-5-11-23-27/h2-3,5-6,8-11,13-14,18H,4,7,12,15-16H2,1H3,(H,25,28)/t18-/m0/s1. The third-order valence-electron chi connectivity index (χ3n) is 5.09. The van der Waals surface area contributed by atoms with E-state index in [-0.39, 0.29) is 11.8 Å². The van der Waals surface area contributed by atoms with Crippen molar-refractivity contribution in [3.05, 3.63) is 72.3 Å². The predicted molar refractivity (Wildman–Crippen MR) is 109 cm³/mol. The van der Waals surface area contributed by atoms with Gasteiger partial charge in [0.25, 0.3) is 0 Å². The van der Waals surface area contributed by atoms with Gasteiger partial charge in [-0.2, -0.15) is 5.10 Å². The molecule has 1 amide bonds. The minimum Gasteiger partial charge on any atom is -0.326 e. The Kier molecular flexibility index (Phi) is 5.48. The lowest BCUT2D eigenvalue weighted by Gasteiger charge is -2.31. The first kappa shape index (κ1) is 18.4. The number of pyridine rings is 1. The van der Waals surface area contributed by atoms with Gasteiger partial charge in [-0.05, 0) is 62.7 Å². The number of rotatable bonds is 5. The van der Waals surface area contributed by atoms with Gasteiger partial charge in [0, 0.05) is 36.9 Å². The molecule has 2 aromatic heterocycles. The van der Waals surface area contributed by atoms with Gasteiger partial charge in [0.1, 0.15) is 0 Å². The second kappa shape index (κ2) is 8.35. The molecule has 1 aromatic carbocycles. The zero-order valence-electron chi connectivity index (χ0n) is 16.1. The third-order valence-corrected chi connectivity index (χ3v) is 5.09. The number of aryl methyl sites for hydroxylation is 1. The lowest BCUT2D eigenvalue weighted by molar-refractivity contribution is -0.121. The Bertz CT molecular complexity index is 938. The van der Waals surface area contributed by atoms with Crippen LogP contribution in [0.4, 0.5) is 5.69 Å². The van der Waals surface area contributed by atoms with Crippen molar-refractivity contribution in [2.24, 2.45) is 5.92 Å². The maximum absolute atomic E-state index is 12.8. The van der Waals surface area contributed by atoms with Crippen LogP contribution in [0.15, 0.2) is 60.9 Å². The molecule has 1 aliphatic heterocycles. The van der Waals surface area contributed by atoms with Crippen molar-refractivity contribution in [2.75, 3.05) is 18.4 Å². The monoisotopic (exact) mass is 375 g/mol. The summed E-state index contributed by atoms with van der Waals surface area (Å²) in [4.78, 5) is 19.8. The van der Waals surface area contributed by atoms with Crippen molar-refractivity contribution >= 4 is 11.6 Å². The number of hydrogen-bond donors (Lipinski definition) is 1. The molecule has 0 unspecified atom stereocenters.